The van der Waals surface area contributed by atoms with Crippen LogP contribution in [-0.2, 0) is 4.79 Å². The first kappa shape index (κ1) is 16.3. The Morgan fingerprint density at radius 1 is 0.880 bits per heavy atom. The summed E-state index contributed by atoms with van der Waals surface area (Å²) in [6.07, 6.45) is 4.45. The summed E-state index contributed by atoms with van der Waals surface area (Å²) in [6.45, 7) is 2.17. The van der Waals surface area contributed by atoms with Crippen molar-refractivity contribution in [2.24, 2.45) is 5.92 Å². The quantitative estimate of drug-likeness (QED) is 0.876. The summed E-state index contributed by atoms with van der Waals surface area (Å²) in [5.74, 6) is 1.25. The summed E-state index contributed by atoms with van der Waals surface area (Å²) in [5, 5.41) is 6.58. The lowest BCUT2D eigenvalue weighted by Gasteiger charge is -2.35. The third-order valence-corrected chi connectivity index (χ3v) is 5.80. The summed E-state index contributed by atoms with van der Waals surface area (Å²) in [4.78, 5) is 12.7. The normalized spacial score (nSPS) is 23.7. The SMILES string of the molecule is O=C(Nc1cccc(C2CCNCC2)c1)C1CCC1c1ccccc1. The van der Waals surface area contributed by atoms with Gasteiger partial charge in [0.1, 0.15) is 0 Å². The first-order valence-corrected chi connectivity index (χ1v) is 9.48. The molecule has 0 radical (unpaired) electrons. The van der Waals surface area contributed by atoms with Crippen molar-refractivity contribution in [2.45, 2.75) is 37.5 Å². The van der Waals surface area contributed by atoms with E-state index in [0.29, 0.717) is 11.8 Å². The average molecular weight is 334 g/mol. The average Bonchev–Trinajstić information content (AvgIpc) is 2.62. The predicted molar refractivity (Wildman–Crippen MR) is 102 cm³/mol. The molecule has 2 N–H and O–H groups in total. The van der Waals surface area contributed by atoms with Crippen LogP contribution in [0.1, 0.15) is 48.6 Å². The summed E-state index contributed by atoms with van der Waals surface area (Å²) in [6, 6.07) is 18.9. The Bertz CT molecular complexity index is 722. The number of nitrogens with one attached hydrogen (secondary N) is 2. The zero-order chi connectivity index (χ0) is 17.1. The maximum absolute atomic E-state index is 12.7. The van der Waals surface area contributed by atoms with Crippen LogP contribution in [0.5, 0.6) is 0 Å². The molecular weight excluding hydrogens is 308 g/mol. The Balaban J connectivity index is 1.42. The van der Waals surface area contributed by atoms with E-state index in [1.807, 2.05) is 12.1 Å². The minimum atomic E-state index is 0.102. The molecule has 0 aromatic heterocycles. The third kappa shape index (κ3) is 3.62. The Hall–Kier alpha value is -2.13. The van der Waals surface area contributed by atoms with Crippen molar-refractivity contribution in [1.82, 2.24) is 5.32 Å². The molecule has 1 aliphatic carbocycles. The smallest absolute Gasteiger partial charge is 0.228 e. The minimum Gasteiger partial charge on any atom is -0.326 e. The lowest BCUT2D eigenvalue weighted by atomic mass is 9.69. The summed E-state index contributed by atoms with van der Waals surface area (Å²) in [7, 11) is 0. The summed E-state index contributed by atoms with van der Waals surface area (Å²) < 4.78 is 0. The van der Waals surface area contributed by atoms with E-state index in [1.165, 1.54) is 24.0 Å². The molecule has 2 aliphatic rings. The molecule has 25 heavy (non-hydrogen) atoms. The zero-order valence-corrected chi connectivity index (χ0v) is 14.6. The van der Waals surface area contributed by atoms with Gasteiger partial charge in [0, 0.05) is 11.6 Å². The lowest BCUT2D eigenvalue weighted by molar-refractivity contribution is -0.123. The first-order valence-electron chi connectivity index (χ1n) is 9.48. The van der Waals surface area contributed by atoms with Crippen molar-refractivity contribution in [3.63, 3.8) is 0 Å². The third-order valence-electron chi connectivity index (χ3n) is 5.80. The number of amides is 1. The number of rotatable bonds is 4. The van der Waals surface area contributed by atoms with E-state index < -0.39 is 0 Å². The topological polar surface area (TPSA) is 41.1 Å². The van der Waals surface area contributed by atoms with E-state index in [9.17, 15) is 4.79 Å². The number of benzene rings is 2. The molecule has 0 bridgehead atoms. The first-order chi connectivity index (χ1) is 12.3. The van der Waals surface area contributed by atoms with Gasteiger partial charge in [0.2, 0.25) is 5.91 Å². The summed E-state index contributed by atoms with van der Waals surface area (Å²) >= 11 is 0. The lowest BCUT2D eigenvalue weighted by Crippen LogP contribution is -2.35. The molecule has 130 valence electrons. The van der Waals surface area contributed by atoms with Gasteiger partial charge in [-0.3, -0.25) is 4.79 Å². The van der Waals surface area contributed by atoms with E-state index >= 15 is 0 Å². The Morgan fingerprint density at radius 3 is 2.36 bits per heavy atom. The van der Waals surface area contributed by atoms with Gasteiger partial charge in [0.15, 0.2) is 0 Å². The van der Waals surface area contributed by atoms with E-state index in [-0.39, 0.29) is 11.8 Å². The molecule has 0 spiro atoms. The highest BCUT2D eigenvalue weighted by Gasteiger charge is 2.37. The number of carbonyl (C=O) groups is 1. The van der Waals surface area contributed by atoms with Crippen molar-refractivity contribution in [2.75, 3.05) is 18.4 Å². The molecule has 1 saturated carbocycles. The fourth-order valence-corrected chi connectivity index (χ4v) is 4.17. The van der Waals surface area contributed by atoms with Gasteiger partial charge in [0.25, 0.3) is 0 Å². The van der Waals surface area contributed by atoms with Gasteiger partial charge in [-0.05, 0) is 73.9 Å². The fourth-order valence-electron chi connectivity index (χ4n) is 4.17. The highest BCUT2D eigenvalue weighted by atomic mass is 16.1. The Morgan fingerprint density at radius 2 is 1.64 bits per heavy atom. The number of hydrogen-bond acceptors (Lipinski definition) is 2. The van der Waals surface area contributed by atoms with Crippen molar-refractivity contribution < 1.29 is 4.79 Å². The second-order valence-corrected chi connectivity index (χ2v) is 7.34. The van der Waals surface area contributed by atoms with E-state index in [4.69, 9.17) is 0 Å². The highest BCUT2D eigenvalue weighted by Crippen LogP contribution is 2.43. The van der Waals surface area contributed by atoms with Crippen molar-refractivity contribution in [1.29, 1.82) is 0 Å². The molecule has 1 heterocycles. The molecule has 1 aliphatic heterocycles. The molecular formula is C22H26N2O. The minimum absolute atomic E-state index is 0.102. The van der Waals surface area contributed by atoms with Crippen LogP contribution in [-0.4, -0.2) is 19.0 Å². The monoisotopic (exact) mass is 334 g/mol. The van der Waals surface area contributed by atoms with E-state index in [2.05, 4.69) is 53.1 Å². The van der Waals surface area contributed by atoms with Crippen LogP contribution in [0.15, 0.2) is 54.6 Å². The maximum Gasteiger partial charge on any atom is 0.228 e. The Kier molecular flexibility index (Phi) is 4.84. The van der Waals surface area contributed by atoms with Crippen LogP contribution in [0.4, 0.5) is 5.69 Å². The second kappa shape index (κ2) is 7.40. The number of piperidine rings is 1. The Labute approximate surface area is 149 Å². The molecule has 4 rings (SSSR count). The number of anilines is 1. The van der Waals surface area contributed by atoms with Crippen LogP contribution < -0.4 is 10.6 Å². The largest absolute Gasteiger partial charge is 0.326 e. The van der Waals surface area contributed by atoms with Crippen LogP contribution in [0.2, 0.25) is 0 Å². The predicted octanol–water partition coefficient (Wildman–Crippen LogP) is 4.29. The zero-order valence-electron chi connectivity index (χ0n) is 14.6. The molecule has 1 saturated heterocycles. The van der Waals surface area contributed by atoms with Crippen molar-refractivity contribution >= 4 is 11.6 Å². The molecule has 2 atom stereocenters. The summed E-state index contributed by atoms with van der Waals surface area (Å²) in [5.41, 5.74) is 3.59. The second-order valence-electron chi connectivity index (χ2n) is 7.34. The van der Waals surface area contributed by atoms with Crippen molar-refractivity contribution in [3.8, 4) is 0 Å². The number of carbonyl (C=O) groups excluding carboxylic acids is 1. The molecule has 2 aromatic carbocycles. The molecule has 2 fully saturated rings. The van der Waals surface area contributed by atoms with Gasteiger partial charge < -0.3 is 10.6 Å². The van der Waals surface area contributed by atoms with Crippen LogP contribution in [0.25, 0.3) is 0 Å². The van der Waals surface area contributed by atoms with Crippen LogP contribution in [0, 0.1) is 5.92 Å². The van der Waals surface area contributed by atoms with E-state index in [1.54, 1.807) is 0 Å². The van der Waals surface area contributed by atoms with Crippen LogP contribution in [0.3, 0.4) is 0 Å². The van der Waals surface area contributed by atoms with Gasteiger partial charge in [-0.1, -0.05) is 42.5 Å². The molecule has 2 unspecified atom stereocenters. The van der Waals surface area contributed by atoms with Gasteiger partial charge in [-0.15, -0.1) is 0 Å². The van der Waals surface area contributed by atoms with Crippen molar-refractivity contribution in [3.05, 3.63) is 65.7 Å². The van der Waals surface area contributed by atoms with Crippen LogP contribution >= 0.6 is 0 Å². The van der Waals surface area contributed by atoms with E-state index in [0.717, 1.165) is 31.6 Å². The van der Waals surface area contributed by atoms with Gasteiger partial charge in [-0.25, -0.2) is 0 Å². The van der Waals surface area contributed by atoms with Gasteiger partial charge in [-0.2, -0.15) is 0 Å². The fraction of sp³-hybridized carbons (Fsp3) is 0.409. The molecule has 1 amide bonds. The van der Waals surface area contributed by atoms with Gasteiger partial charge in [0.05, 0.1) is 0 Å². The number of hydrogen-bond donors (Lipinski definition) is 2. The molecule has 3 heteroatoms. The molecule has 2 aromatic rings. The molecule has 3 nitrogen and oxygen atoms in total. The van der Waals surface area contributed by atoms with Gasteiger partial charge >= 0.3 is 0 Å². The standard InChI is InChI=1S/C22H26N2O/c25-22(21-10-9-20(21)17-5-2-1-3-6-17)24-19-8-4-7-18(15-19)16-11-13-23-14-12-16/h1-8,15-16,20-21,23H,9-14H2,(H,24,25). The maximum atomic E-state index is 12.7. The highest BCUT2D eigenvalue weighted by molar-refractivity contribution is 5.93.